The zero-order valence-electron chi connectivity index (χ0n) is 16.1. The van der Waals surface area contributed by atoms with Gasteiger partial charge in [-0.3, -0.25) is 4.72 Å². The van der Waals surface area contributed by atoms with Crippen molar-refractivity contribution in [3.05, 3.63) is 96.0 Å². The molecule has 0 bridgehead atoms. The summed E-state index contributed by atoms with van der Waals surface area (Å²) in [4.78, 5) is 0.160. The van der Waals surface area contributed by atoms with Gasteiger partial charge in [-0.15, -0.1) is 0 Å². The van der Waals surface area contributed by atoms with Crippen molar-refractivity contribution in [1.29, 1.82) is 0 Å². The summed E-state index contributed by atoms with van der Waals surface area (Å²) >= 11 is 5.88. The van der Waals surface area contributed by atoms with Gasteiger partial charge in [-0.2, -0.15) is 0 Å². The van der Waals surface area contributed by atoms with Crippen LogP contribution in [0.2, 0.25) is 5.02 Å². The zero-order valence-corrected chi connectivity index (χ0v) is 17.7. The monoisotopic (exact) mass is 449 g/mol. The van der Waals surface area contributed by atoms with Crippen LogP contribution < -0.4 is 9.46 Å². The minimum atomic E-state index is -3.77. The molecule has 5 nitrogen and oxygen atoms in total. The zero-order chi connectivity index (χ0) is 21.4. The van der Waals surface area contributed by atoms with Crippen LogP contribution in [0.3, 0.4) is 0 Å². The van der Waals surface area contributed by atoms with E-state index in [4.69, 9.17) is 20.8 Å². The van der Waals surface area contributed by atoms with E-state index in [1.54, 1.807) is 60.7 Å². The molecule has 0 fully saturated rings. The summed E-state index contributed by atoms with van der Waals surface area (Å²) in [6, 6.07) is 26.0. The first kappa shape index (κ1) is 19.5. The second kappa shape index (κ2) is 7.65. The van der Waals surface area contributed by atoms with E-state index < -0.39 is 10.0 Å². The number of para-hydroxylation sites is 1. The van der Waals surface area contributed by atoms with Crippen LogP contribution in [0.5, 0.6) is 11.5 Å². The average molecular weight is 450 g/mol. The number of fused-ring (bicyclic) bond motifs is 3. The number of halogens is 1. The summed E-state index contributed by atoms with van der Waals surface area (Å²) in [5.41, 5.74) is 1.79. The molecule has 0 atom stereocenters. The first-order valence-corrected chi connectivity index (χ1v) is 11.3. The Morgan fingerprint density at radius 3 is 2.13 bits per heavy atom. The Kier molecular flexibility index (Phi) is 4.81. The minimum absolute atomic E-state index is 0.160. The highest BCUT2D eigenvalue weighted by molar-refractivity contribution is 7.92. The number of ether oxygens (including phenoxy) is 1. The second-order valence-electron chi connectivity index (χ2n) is 6.94. The maximum atomic E-state index is 12.9. The molecule has 31 heavy (non-hydrogen) atoms. The number of hydrogen-bond acceptors (Lipinski definition) is 4. The fraction of sp³-hybridized carbons (Fsp3) is 0. The lowest BCUT2D eigenvalue weighted by molar-refractivity contribution is 0.483. The maximum Gasteiger partial charge on any atom is 0.261 e. The largest absolute Gasteiger partial charge is 0.457 e. The Morgan fingerprint density at radius 1 is 0.742 bits per heavy atom. The molecule has 1 aromatic heterocycles. The van der Waals surface area contributed by atoms with Gasteiger partial charge in [0.15, 0.2) is 0 Å². The van der Waals surface area contributed by atoms with Gasteiger partial charge in [0, 0.05) is 21.5 Å². The number of rotatable bonds is 5. The molecule has 0 radical (unpaired) electrons. The molecule has 0 spiro atoms. The molecule has 0 amide bonds. The van der Waals surface area contributed by atoms with Gasteiger partial charge in [-0.25, -0.2) is 8.42 Å². The molecule has 0 unspecified atom stereocenters. The van der Waals surface area contributed by atoms with Crippen LogP contribution >= 0.6 is 11.6 Å². The summed E-state index contributed by atoms with van der Waals surface area (Å²) < 4.78 is 40.0. The van der Waals surface area contributed by atoms with Crippen LogP contribution in [0.15, 0.2) is 100 Å². The Bertz CT molecular complexity index is 1490. The van der Waals surface area contributed by atoms with Crippen molar-refractivity contribution < 1.29 is 17.6 Å². The van der Waals surface area contributed by atoms with E-state index in [1.807, 2.05) is 24.3 Å². The van der Waals surface area contributed by atoms with Crippen molar-refractivity contribution >= 4 is 49.3 Å². The van der Waals surface area contributed by atoms with Crippen molar-refractivity contribution in [3.63, 3.8) is 0 Å². The third-order valence-electron chi connectivity index (χ3n) is 4.81. The number of sulfonamides is 1. The molecule has 0 saturated carbocycles. The van der Waals surface area contributed by atoms with E-state index in [1.165, 1.54) is 6.07 Å². The lowest BCUT2D eigenvalue weighted by atomic mass is 10.1. The van der Waals surface area contributed by atoms with Gasteiger partial charge in [0.25, 0.3) is 10.0 Å². The van der Waals surface area contributed by atoms with Crippen molar-refractivity contribution in [3.8, 4) is 11.5 Å². The Morgan fingerprint density at radius 2 is 1.39 bits per heavy atom. The summed E-state index contributed by atoms with van der Waals surface area (Å²) in [6.45, 7) is 0. The summed E-state index contributed by atoms with van der Waals surface area (Å²) in [5.74, 6) is 1.22. The lowest BCUT2D eigenvalue weighted by Crippen LogP contribution is -2.12. The number of hydrogen-bond donors (Lipinski definition) is 1. The highest BCUT2D eigenvalue weighted by Crippen LogP contribution is 2.31. The minimum Gasteiger partial charge on any atom is -0.457 e. The SMILES string of the molecule is O=S(=O)(Nc1ccc(Oc2ccc(Cl)cc2)cc1)c1ccc2oc3ccccc3c2c1. The van der Waals surface area contributed by atoms with Gasteiger partial charge in [-0.1, -0.05) is 29.8 Å². The van der Waals surface area contributed by atoms with E-state index >= 15 is 0 Å². The number of anilines is 1. The molecular weight excluding hydrogens is 434 g/mol. The molecule has 0 aliphatic heterocycles. The highest BCUT2D eigenvalue weighted by Gasteiger charge is 2.17. The first-order chi connectivity index (χ1) is 15.0. The molecule has 154 valence electrons. The highest BCUT2D eigenvalue weighted by atomic mass is 35.5. The average Bonchev–Trinajstić information content (AvgIpc) is 3.14. The van der Waals surface area contributed by atoms with Crippen molar-refractivity contribution in [2.45, 2.75) is 4.90 Å². The smallest absolute Gasteiger partial charge is 0.261 e. The van der Waals surface area contributed by atoms with Crippen LogP contribution in [-0.4, -0.2) is 8.42 Å². The summed E-state index contributed by atoms with van der Waals surface area (Å²) in [6.07, 6.45) is 0. The predicted molar refractivity (Wildman–Crippen MR) is 122 cm³/mol. The molecule has 0 saturated heterocycles. The molecule has 0 aliphatic rings. The maximum absolute atomic E-state index is 12.9. The fourth-order valence-electron chi connectivity index (χ4n) is 3.32. The van der Waals surface area contributed by atoms with Crippen molar-refractivity contribution in [1.82, 2.24) is 0 Å². The normalized spacial score (nSPS) is 11.6. The van der Waals surface area contributed by atoms with E-state index in [9.17, 15) is 8.42 Å². The topological polar surface area (TPSA) is 68.5 Å². The summed E-state index contributed by atoms with van der Waals surface area (Å²) in [7, 11) is -3.77. The van der Waals surface area contributed by atoms with Gasteiger partial charge in [0.1, 0.15) is 22.7 Å². The Labute approximate surface area is 183 Å². The molecule has 1 heterocycles. The van der Waals surface area contributed by atoms with Crippen LogP contribution in [0.1, 0.15) is 0 Å². The fourth-order valence-corrected chi connectivity index (χ4v) is 4.53. The van der Waals surface area contributed by atoms with Crippen molar-refractivity contribution in [2.75, 3.05) is 4.72 Å². The number of furan rings is 1. The summed E-state index contributed by atoms with van der Waals surface area (Å²) in [5, 5.41) is 2.25. The molecule has 5 rings (SSSR count). The number of benzene rings is 4. The van der Waals surface area contributed by atoms with Gasteiger partial charge >= 0.3 is 0 Å². The van der Waals surface area contributed by atoms with Crippen molar-refractivity contribution in [2.24, 2.45) is 0 Å². The van der Waals surface area contributed by atoms with E-state index in [2.05, 4.69) is 4.72 Å². The van der Waals surface area contributed by atoms with Crippen LogP contribution in [-0.2, 0) is 10.0 Å². The second-order valence-corrected chi connectivity index (χ2v) is 9.06. The molecule has 7 heteroatoms. The van der Waals surface area contributed by atoms with Gasteiger partial charge in [0.05, 0.1) is 4.90 Å². The van der Waals surface area contributed by atoms with Gasteiger partial charge in [0.2, 0.25) is 0 Å². The van der Waals surface area contributed by atoms with E-state index in [0.717, 1.165) is 16.4 Å². The van der Waals surface area contributed by atoms with E-state index in [-0.39, 0.29) is 4.90 Å². The van der Waals surface area contributed by atoms with Crippen LogP contribution in [0.25, 0.3) is 21.9 Å². The third kappa shape index (κ3) is 3.95. The predicted octanol–water partition coefficient (Wildman–Crippen LogP) is 6.83. The lowest BCUT2D eigenvalue weighted by Gasteiger charge is -2.10. The molecule has 1 N–H and O–H groups in total. The molecule has 4 aromatic carbocycles. The quantitative estimate of drug-likeness (QED) is 0.319. The first-order valence-electron chi connectivity index (χ1n) is 9.46. The van der Waals surface area contributed by atoms with Crippen LogP contribution in [0.4, 0.5) is 5.69 Å². The standard InChI is InChI=1S/C24H16ClNO4S/c25-16-5-9-18(10-6-16)29-19-11-7-17(8-12-19)26-31(27,28)20-13-14-24-22(15-20)21-3-1-2-4-23(21)30-24/h1-15,26H. The van der Waals surface area contributed by atoms with Gasteiger partial charge < -0.3 is 9.15 Å². The van der Waals surface area contributed by atoms with Crippen LogP contribution in [0, 0.1) is 0 Å². The molecular formula is C24H16ClNO4S. The Hall–Kier alpha value is -3.48. The van der Waals surface area contributed by atoms with E-state index in [0.29, 0.717) is 27.8 Å². The molecule has 0 aliphatic carbocycles. The Balaban J connectivity index is 1.38. The number of nitrogens with one attached hydrogen (secondary N) is 1. The van der Waals surface area contributed by atoms with Gasteiger partial charge in [-0.05, 0) is 72.8 Å². The molecule has 5 aromatic rings. The third-order valence-corrected chi connectivity index (χ3v) is 6.45.